The van der Waals surface area contributed by atoms with Gasteiger partial charge in [0.15, 0.2) is 0 Å². The highest BCUT2D eigenvalue weighted by molar-refractivity contribution is 7.88. The number of benzene rings is 1. The summed E-state index contributed by atoms with van der Waals surface area (Å²) in [5, 5.41) is 0. The van der Waals surface area contributed by atoms with Crippen molar-refractivity contribution in [1.29, 1.82) is 0 Å². The molecule has 0 unspecified atom stereocenters. The number of carbonyl (C=O) groups excluding carboxylic acids is 1. The van der Waals surface area contributed by atoms with Gasteiger partial charge in [-0.15, -0.1) is 0 Å². The molecule has 0 radical (unpaired) electrons. The van der Waals surface area contributed by atoms with Crippen molar-refractivity contribution < 1.29 is 17.6 Å². The van der Waals surface area contributed by atoms with Crippen LogP contribution in [0.3, 0.4) is 0 Å². The van der Waals surface area contributed by atoms with Gasteiger partial charge in [-0.1, -0.05) is 12.1 Å². The highest BCUT2D eigenvalue weighted by atomic mass is 32.2. The van der Waals surface area contributed by atoms with Crippen LogP contribution >= 0.6 is 0 Å². The maximum Gasteiger partial charge on any atom is 0.225 e. The molecular formula is C17H25FN2O3S. The van der Waals surface area contributed by atoms with E-state index in [0.29, 0.717) is 44.6 Å². The van der Waals surface area contributed by atoms with E-state index >= 15 is 0 Å². The van der Waals surface area contributed by atoms with Gasteiger partial charge in [0.25, 0.3) is 0 Å². The Morgan fingerprint density at radius 1 is 1.17 bits per heavy atom. The van der Waals surface area contributed by atoms with Gasteiger partial charge < -0.3 is 4.90 Å². The zero-order valence-corrected chi connectivity index (χ0v) is 15.1. The first-order valence-electron chi connectivity index (χ1n) is 8.38. The van der Waals surface area contributed by atoms with Crippen molar-refractivity contribution in [2.75, 3.05) is 26.2 Å². The molecule has 5 nitrogen and oxygen atoms in total. The fourth-order valence-corrected chi connectivity index (χ4v) is 4.62. The number of hydrogen-bond donors (Lipinski definition) is 0. The molecule has 0 spiro atoms. The maximum absolute atomic E-state index is 12.9. The summed E-state index contributed by atoms with van der Waals surface area (Å²) in [5.41, 5.74) is 0.567. The number of hydrogen-bond acceptors (Lipinski definition) is 3. The molecule has 0 saturated carbocycles. The zero-order valence-electron chi connectivity index (χ0n) is 14.2. The quantitative estimate of drug-likeness (QED) is 0.785. The summed E-state index contributed by atoms with van der Waals surface area (Å²) >= 11 is 0. The number of nitrogens with zero attached hydrogens (tertiary/aromatic N) is 2. The minimum absolute atomic E-state index is 0.0952. The second-order valence-corrected chi connectivity index (χ2v) is 8.04. The summed E-state index contributed by atoms with van der Waals surface area (Å²) in [7, 11) is -3.44. The van der Waals surface area contributed by atoms with Crippen LogP contribution in [0.25, 0.3) is 0 Å². The summed E-state index contributed by atoms with van der Waals surface area (Å²) in [6, 6.07) is 5.51. The molecule has 0 aromatic heterocycles. The maximum atomic E-state index is 12.9. The number of carbonyl (C=O) groups is 1. The lowest BCUT2D eigenvalue weighted by molar-refractivity contribution is -0.136. The third-order valence-electron chi connectivity index (χ3n) is 4.53. The Bertz CT molecular complexity index is 649. The third-order valence-corrected chi connectivity index (χ3v) is 6.38. The molecular weight excluding hydrogens is 331 g/mol. The van der Waals surface area contributed by atoms with Crippen LogP contribution in [0.5, 0.6) is 0 Å². The van der Waals surface area contributed by atoms with Gasteiger partial charge in [0, 0.05) is 32.1 Å². The van der Waals surface area contributed by atoms with Gasteiger partial charge >= 0.3 is 0 Å². The van der Waals surface area contributed by atoms with E-state index in [1.54, 1.807) is 4.90 Å². The molecule has 1 aromatic carbocycles. The Balaban J connectivity index is 1.95. The first-order valence-corrected chi connectivity index (χ1v) is 9.99. The molecule has 2 rings (SSSR count). The molecule has 0 bridgehead atoms. The van der Waals surface area contributed by atoms with Crippen LogP contribution in [-0.4, -0.2) is 49.7 Å². The van der Waals surface area contributed by atoms with Crippen molar-refractivity contribution in [3.05, 3.63) is 35.6 Å². The summed E-state index contributed by atoms with van der Waals surface area (Å²) in [6.07, 6.45) is 1.11. The SMILES string of the molecule is CCN(CC)C(=O)C1CCN(S(=O)(=O)Cc2ccc(F)cc2)CC1. The topological polar surface area (TPSA) is 57.7 Å². The van der Waals surface area contributed by atoms with Crippen LogP contribution in [0.2, 0.25) is 0 Å². The van der Waals surface area contributed by atoms with Gasteiger partial charge in [0.05, 0.1) is 5.75 Å². The standard InChI is InChI=1S/C17H25FN2O3S/c1-3-19(4-2)17(21)15-9-11-20(12-10-15)24(22,23)13-14-5-7-16(18)8-6-14/h5-8,15H,3-4,9-13H2,1-2H3. The molecule has 0 atom stereocenters. The van der Waals surface area contributed by atoms with Gasteiger partial charge in [0.2, 0.25) is 15.9 Å². The van der Waals surface area contributed by atoms with Gasteiger partial charge in [0.1, 0.15) is 5.82 Å². The van der Waals surface area contributed by atoms with Crippen molar-refractivity contribution in [3.8, 4) is 0 Å². The van der Waals surface area contributed by atoms with Gasteiger partial charge in [-0.2, -0.15) is 0 Å². The number of piperidine rings is 1. The molecule has 0 N–H and O–H groups in total. The second kappa shape index (κ2) is 8.07. The van der Waals surface area contributed by atoms with E-state index in [4.69, 9.17) is 0 Å². The number of halogens is 1. The molecule has 24 heavy (non-hydrogen) atoms. The van der Waals surface area contributed by atoms with Crippen molar-refractivity contribution in [2.24, 2.45) is 5.92 Å². The molecule has 1 heterocycles. The highest BCUT2D eigenvalue weighted by Crippen LogP contribution is 2.23. The summed E-state index contributed by atoms with van der Waals surface area (Å²) in [5.74, 6) is -0.494. The zero-order chi connectivity index (χ0) is 17.7. The smallest absolute Gasteiger partial charge is 0.225 e. The van der Waals surface area contributed by atoms with Crippen LogP contribution in [0, 0.1) is 11.7 Å². The predicted molar refractivity (Wildman–Crippen MR) is 91.2 cm³/mol. The number of sulfonamides is 1. The van der Waals surface area contributed by atoms with E-state index in [2.05, 4.69) is 0 Å². The molecule has 134 valence electrons. The number of amides is 1. The van der Waals surface area contributed by atoms with Crippen molar-refractivity contribution in [3.63, 3.8) is 0 Å². The largest absolute Gasteiger partial charge is 0.343 e. The highest BCUT2D eigenvalue weighted by Gasteiger charge is 2.32. The van der Waals surface area contributed by atoms with Crippen molar-refractivity contribution in [2.45, 2.75) is 32.4 Å². The average Bonchev–Trinajstić information content (AvgIpc) is 2.58. The van der Waals surface area contributed by atoms with E-state index in [1.165, 1.54) is 28.6 Å². The van der Waals surface area contributed by atoms with E-state index in [-0.39, 0.29) is 23.4 Å². The lowest BCUT2D eigenvalue weighted by Gasteiger charge is -2.33. The lowest BCUT2D eigenvalue weighted by atomic mass is 9.96. The lowest BCUT2D eigenvalue weighted by Crippen LogP contribution is -2.44. The van der Waals surface area contributed by atoms with Crippen LogP contribution in [0.4, 0.5) is 4.39 Å². The van der Waals surface area contributed by atoms with Crippen LogP contribution < -0.4 is 0 Å². The molecule has 1 aliphatic heterocycles. The second-order valence-electron chi connectivity index (χ2n) is 6.07. The first-order chi connectivity index (χ1) is 11.4. The molecule has 1 amide bonds. The van der Waals surface area contributed by atoms with E-state index in [1.807, 2.05) is 13.8 Å². The normalized spacial score (nSPS) is 17.0. The van der Waals surface area contributed by atoms with Crippen molar-refractivity contribution >= 4 is 15.9 Å². The minimum Gasteiger partial charge on any atom is -0.343 e. The average molecular weight is 356 g/mol. The van der Waals surface area contributed by atoms with E-state index in [0.717, 1.165) is 0 Å². The van der Waals surface area contributed by atoms with Crippen LogP contribution in [0.1, 0.15) is 32.3 Å². The van der Waals surface area contributed by atoms with Gasteiger partial charge in [-0.25, -0.2) is 17.1 Å². The number of rotatable bonds is 6. The Labute approximate surface area is 143 Å². The van der Waals surface area contributed by atoms with Crippen molar-refractivity contribution in [1.82, 2.24) is 9.21 Å². The molecule has 7 heteroatoms. The van der Waals surface area contributed by atoms with E-state index in [9.17, 15) is 17.6 Å². The Morgan fingerprint density at radius 2 is 1.71 bits per heavy atom. The third kappa shape index (κ3) is 4.54. The molecule has 1 fully saturated rings. The van der Waals surface area contributed by atoms with Gasteiger partial charge in [-0.3, -0.25) is 4.79 Å². The summed E-state index contributed by atoms with van der Waals surface area (Å²) in [6.45, 7) is 5.98. The predicted octanol–water partition coefficient (Wildman–Crippen LogP) is 2.24. The fraction of sp³-hybridized carbons (Fsp3) is 0.588. The Hall–Kier alpha value is -1.47. The summed E-state index contributed by atoms with van der Waals surface area (Å²) in [4.78, 5) is 14.2. The van der Waals surface area contributed by atoms with Crippen LogP contribution in [-0.2, 0) is 20.6 Å². The van der Waals surface area contributed by atoms with Gasteiger partial charge in [-0.05, 0) is 44.4 Å². The van der Waals surface area contributed by atoms with Crippen LogP contribution in [0.15, 0.2) is 24.3 Å². The molecule has 1 aromatic rings. The minimum atomic E-state index is -3.44. The Kier molecular flexibility index (Phi) is 6.34. The molecule has 1 aliphatic rings. The molecule has 1 saturated heterocycles. The summed E-state index contributed by atoms with van der Waals surface area (Å²) < 4.78 is 39.4. The monoisotopic (exact) mass is 356 g/mol. The fourth-order valence-electron chi connectivity index (χ4n) is 3.06. The molecule has 0 aliphatic carbocycles. The Morgan fingerprint density at radius 3 is 2.21 bits per heavy atom. The van der Waals surface area contributed by atoms with E-state index < -0.39 is 10.0 Å². The first kappa shape index (κ1) is 18.9.